The van der Waals surface area contributed by atoms with Crippen LogP contribution in [0.1, 0.15) is 49.7 Å². The highest BCUT2D eigenvalue weighted by Gasteiger charge is 2.20. The molecule has 0 unspecified atom stereocenters. The molecule has 22 heavy (non-hydrogen) atoms. The molecular weight excluding hydrogens is 282 g/mol. The SMILES string of the molecule is Cc1ccc(C(=O)NCc2cc(C(N)=O)no2)c2c1CCC2. The lowest BCUT2D eigenvalue weighted by Crippen LogP contribution is -2.24. The Balaban J connectivity index is 1.72. The molecule has 0 saturated carbocycles. The highest BCUT2D eigenvalue weighted by molar-refractivity contribution is 5.96. The highest BCUT2D eigenvalue weighted by Crippen LogP contribution is 2.28. The van der Waals surface area contributed by atoms with Gasteiger partial charge in [0.15, 0.2) is 11.5 Å². The Kier molecular flexibility index (Phi) is 3.66. The Morgan fingerprint density at radius 3 is 2.82 bits per heavy atom. The molecule has 0 bridgehead atoms. The van der Waals surface area contributed by atoms with Crippen molar-refractivity contribution in [3.05, 3.63) is 51.9 Å². The molecule has 1 aromatic heterocycles. The third-order valence-corrected chi connectivity index (χ3v) is 4.00. The second kappa shape index (κ2) is 5.63. The van der Waals surface area contributed by atoms with E-state index < -0.39 is 5.91 Å². The summed E-state index contributed by atoms with van der Waals surface area (Å²) in [6, 6.07) is 5.28. The number of aryl methyl sites for hydroxylation is 1. The number of nitrogens with zero attached hydrogens (tertiary/aromatic N) is 1. The summed E-state index contributed by atoms with van der Waals surface area (Å²) in [5.41, 5.74) is 9.55. The fourth-order valence-electron chi connectivity index (χ4n) is 2.87. The van der Waals surface area contributed by atoms with E-state index in [0.717, 1.165) is 24.8 Å². The van der Waals surface area contributed by atoms with Crippen LogP contribution < -0.4 is 11.1 Å². The average molecular weight is 299 g/mol. The first kappa shape index (κ1) is 14.3. The van der Waals surface area contributed by atoms with Crippen LogP contribution in [-0.4, -0.2) is 17.0 Å². The summed E-state index contributed by atoms with van der Waals surface area (Å²) >= 11 is 0. The van der Waals surface area contributed by atoms with Crippen molar-refractivity contribution in [3.63, 3.8) is 0 Å². The quantitative estimate of drug-likeness (QED) is 0.893. The number of fused-ring (bicyclic) bond motifs is 1. The topological polar surface area (TPSA) is 98.2 Å². The van der Waals surface area contributed by atoms with Crippen LogP contribution in [0.4, 0.5) is 0 Å². The lowest BCUT2D eigenvalue weighted by Gasteiger charge is -2.10. The summed E-state index contributed by atoms with van der Waals surface area (Å²) in [6.07, 6.45) is 3.06. The Labute approximate surface area is 127 Å². The van der Waals surface area contributed by atoms with Gasteiger partial charge >= 0.3 is 0 Å². The number of primary amides is 1. The monoisotopic (exact) mass is 299 g/mol. The molecule has 0 radical (unpaired) electrons. The van der Waals surface area contributed by atoms with Gasteiger partial charge < -0.3 is 15.6 Å². The summed E-state index contributed by atoms with van der Waals surface area (Å²) in [5, 5.41) is 6.33. The molecule has 1 heterocycles. The van der Waals surface area contributed by atoms with Crippen molar-refractivity contribution in [2.45, 2.75) is 32.7 Å². The second-order valence-electron chi connectivity index (χ2n) is 5.47. The molecule has 0 saturated heterocycles. The number of nitrogens with two attached hydrogens (primary N) is 1. The first-order valence-electron chi connectivity index (χ1n) is 7.21. The molecule has 6 nitrogen and oxygen atoms in total. The summed E-state index contributed by atoms with van der Waals surface area (Å²) in [7, 11) is 0. The zero-order valence-corrected chi connectivity index (χ0v) is 12.3. The Morgan fingerprint density at radius 2 is 2.09 bits per heavy atom. The van der Waals surface area contributed by atoms with E-state index in [1.54, 1.807) is 0 Å². The van der Waals surface area contributed by atoms with Crippen LogP contribution >= 0.6 is 0 Å². The predicted molar refractivity (Wildman–Crippen MR) is 79.4 cm³/mol. The van der Waals surface area contributed by atoms with Crippen LogP contribution in [0.2, 0.25) is 0 Å². The smallest absolute Gasteiger partial charge is 0.270 e. The van der Waals surface area contributed by atoms with Gasteiger partial charge in [0.2, 0.25) is 0 Å². The Hall–Kier alpha value is -2.63. The van der Waals surface area contributed by atoms with Crippen molar-refractivity contribution in [1.29, 1.82) is 0 Å². The summed E-state index contributed by atoms with van der Waals surface area (Å²) in [5.74, 6) is -0.404. The molecule has 1 aliphatic rings. The molecule has 6 heteroatoms. The molecule has 3 rings (SSSR count). The molecular formula is C16H17N3O3. The normalized spacial score (nSPS) is 13.0. The van der Waals surface area contributed by atoms with E-state index in [0.29, 0.717) is 11.3 Å². The first-order valence-corrected chi connectivity index (χ1v) is 7.21. The van der Waals surface area contributed by atoms with Gasteiger partial charge in [0.05, 0.1) is 6.54 Å². The Bertz CT molecular complexity index is 749. The Morgan fingerprint density at radius 1 is 1.32 bits per heavy atom. The number of nitrogens with one attached hydrogen (secondary N) is 1. The van der Waals surface area contributed by atoms with Crippen molar-refractivity contribution >= 4 is 11.8 Å². The number of carbonyl (C=O) groups excluding carboxylic acids is 2. The van der Waals surface area contributed by atoms with Crippen LogP contribution in [0, 0.1) is 6.92 Å². The van der Waals surface area contributed by atoms with Crippen LogP contribution in [0.25, 0.3) is 0 Å². The maximum Gasteiger partial charge on any atom is 0.270 e. The zero-order valence-electron chi connectivity index (χ0n) is 12.3. The zero-order chi connectivity index (χ0) is 15.7. The molecule has 1 aliphatic carbocycles. The maximum absolute atomic E-state index is 12.4. The number of carbonyl (C=O) groups is 2. The number of rotatable bonds is 4. The van der Waals surface area contributed by atoms with Gasteiger partial charge in [0.1, 0.15) is 0 Å². The van der Waals surface area contributed by atoms with Crippen LogP contribution in [-0.2, 0) is 19.4 Å². The minimum absolute atomic E-state index is 0.0560. The van der Waals surface area contributed by atoms with Crippen LogP contribution in [0.15, 0.2) is 22.7 Å². The molecule has 0 fully saturated rings. The summed E-state index contributed by atoms with van der Waals surface area (Å²) in [6.45, 7) is 2.24. The highest BCUT2D eigenvalue weighted by atomic mass is 16.5. The third-order valence-electron chi connectivity index (χ3n) is 4.00. The van der Waals surface area contributed by atoms with E-state index >= 15 is 0 Å². The van der Waals surface area contributed by atoms with E-state index in [1.807, 2.05) is 12.1 Å². The van der Waals surface area contributed by atoms with E-state index in [1.165, 1.54) is 17.2 Å². The van der Waals surface area contributed by atoms with Crippen LogP contribution in [0.5, 0.6) is 0 Å². The van der Waals surface area contributed by atoms with Crippen molar-refractivity contribution in [2.75, 3.05) is 0 Å². The molecule has 1 aromatic carbocycles. The van der Waals surface area contributed by atoms with Gasteiger partial charge in [0.25, 0.3) is 11.8 Å². The number of aromatic nitrogens is 1. The number of amides is 2. The maximum atomic E-state index is 12.4. The molecule has 0 spiro atoms. The molecule has 0 aliphatic heterocycles. The predicted octanol–water partition coefficient (Wildman–Crippen LogP) is 1.50. The van der Waals surface area contributed by atoms with E-state index in [4.69, 9.17) is 10.3 Å². The summed E-state index contributed by atoms with van der Waals surface area (Å²) in [4.78, 5) is 23.3. The molecule has 0 atom stereocenters. The van der Waals surface area contributed by atoms with Gasteiger partial charge in [-0.15, -0.1) is 0 Å². The molecule has 3 N–H and O–H groups in total. The van der Waals surface area contributed by atoms with Crippen molar-refractivity contribution in [3.8, 4) is 0 Å². The third kappa shape index (κ3) is 2.59. The van der Waals surface area contributed by atoms with Crippen LogP contribution in [0.3, 0.4) is 0 Å². The first-order chi connectivity index (χ1) is 10.6. The van der Waals surface area contributed by atoms with Gasteiger partial charge in [-0.3, -0.25) is 9.59 Å². The van der Waals surface area contributed by atoms with Crippen molar-refractivity contribution < 1.29 is 14.1 Å². The minimum atomic E-state index is -0.655. The van der Waals surface area contributed by atoms with E-state index in [9.17, 15) is 9.59 Å². The van der Waals surface area contributed by atoms with Gasteiger partial charge in [-0.25, -0.2) is 0 Å². The van der Waals surface area contributed by atoms with Gasteiger partial charge in [-0.1, -0.05) is 11.2 Å². The van der Waals surface area contributed by atoms with Gasteiger partial charge in [0, 0.05) is 11.6 Å². The van der Waals surface area contributed by atoms with E-state index in [-0.39, 0.29) is 18.1 Å². The largest absolute Gasteiger partial charge is 0.364 e. The lowest BCUT2D eigenvalue weighted by molar-refractivity contribution is 0.0943. The number of hydrogen-bond acceptors (Lipinski definition) is 4. The van der Waals surface area contributed by atoms with Crippen molar-refractivity contribution in [1.82, 2.24) is 10.5 Å². The molecule has 2 aromatic rings. The molecule has 2 amide bonds. The number of hydrogen-bond donors (Lipinski definition) is 2. The fraction of sp³-hybridized carbons (Fsp3) is 0.312. The minimum Gasteiger partial charge on any atom is -0.364 e. The van der Waals surface area contributed by atoms with Gasteiger partial charge in [-0.05, 0) is 48.9 Å². The molecule has 114 valence electrons. The lowest BCUT2D eigenvalue weighted by atomic mass is 9.98. The number of benzene rings is 1. The average Bonchev–Trinajstić information content (AvgIpc) is 3.14. The fourth-order valence-corrected chi connectivity index (χ4v) is 2.87. The summed E-state index contributed by atoms with van der Waals surface area (Å²) < 4.78 is 4.96. The van der Waals surface area contributed by atoms with Crippen molar-refractivity contribution in [2.24, 2.45) is 5.73 Å². The van der Waals surface area contributed by atoms with E-state index in [2.05, 4.69) is 17.4 Å². The standard InChI is InChI=1S/C16H17N3O3/c1-9-5-6-13(12-4-2-3-11(9)12)16(21)18-8-10-7-14(15(17)20)19-22-10/h5-7H,2-4,8H2,1H3,(H2,17,20)(H,18,21). The second-order valence-corrected chi connectivity index (χ2v) is 5.47. The van der Waals surface area contributed by atoms with Gasteiger partial charge in [-0.2, -0.15) is 0 Å².